The number of carbonyl (C=O) groups is 1. The van der Waals surface area contributed by atoms with Gasteiger partial charge < -0.3 is 4.74 Å². The van der Waals surface area contributed by atoms with E-state index < -0.39 is 6.09 Å². The van der Waals surface area contributed by atoms with Gasteiger partial charge in [0.15, 0.2) is 5.75 Å². The van der Waals surface area contributed by atoms with Crippen molar-refractivity contribution < 1.29 is 9.53 Å². The van der Waals surface area contributed by atoms with Crippen molar-refractivity contribution in [1.82, 2.24) is 0 Å². The average molecular weight is 312 g/mol. The number of hydrogen-bond acceptors (Lipinski definition) is 2. The molecule has 3 aromatic rings. The molecule has 0 aliphatic carbocycles. The minimum Gasteiger partial charge on any atom is -0.408 e. The van der Waals surface area contributed by atoms with Crippen LogP contribution in [0.25, 0.3) is 10.8 Å². The Labute approximate surface area is 133 Å². The second kappa shape index (κ2) is 6.08. The predicted octanol–water partition coefficient (Wildman–Crippen LogP) is 5.13. The van der Waals surface area contributed by atoms with Crippen LogP contribution in [0.4, 0.5) is 10.5 Å². The molecule has 1 amide bonds. The van der Waals surface area contributed by atoms with Crippen molar-refractivity contribution >= 4 is 34.2 Å². The van der Waals surface area contributed by atoms with Gasteiger partial charge in [0.1, 0.15) is 0 Å². The van der Waals surface area contributed by atoms with Crippen molar-refractivity contribution in [1.29, 1.82) is 0 Å². The highest BCUT2D eigenvalue weighted by Gasteiger charge is 2.15. The number of fused-ring (bicyclic) bond motifs is 1. The zero-order chi connectivity index (χ0) is 15.5. The normalized spacial score (nSPS) is 10.5. The molecule has 110 valence electrons. The molecule has 3 rings (SSSR count). The van der Waals surface area contributed by atoms with E-state index in [1.807, 2.05) is 60.7 Å². The minimum atomic E-state index is -0.483. The molecule has 0 bridgehead atoms. The summed E-state index contributed by atoms with van der Waals surface area (Å²) in [5.74, 6) is 0.355. The zero-order valence-electron chi connectivity index (χ0n) is 12.0. The van der Waals surface area contributed by atoms with Gasteiger partial charge in [-0.1, -0.05) is 60.1 Å². The highest BCUT2D eigenvalue weighted by molar-refractivity contribution is 6.37. The van der Waals surface area contributed by atoms with Gasteiger partial charge in [-0.05, 0) is 23.6 Å². The van der Waals surface area contributed by atoms with E-state index in [9.17, 15) is 4.79 Å². The fraction of sp³-hybridized carbons (Fsp3) is 0.0556. The van der Waals surface area contributed by atoms with Crippen molar-refractivity contribution in [3.8, 4) is 5.75 Å². The van der Waals surface area contributed by atoms with Gasteiger partial charge in [-0.3, -0.25) is 4.90 Å². The summed E-state index contributed by atoms with van der Waals surface area (Å²) in [5.41, 5.74) is 0.754. The van der Waals surface area contributed by atoms with Crippen LogP contribution in [-0.2, 0) is 0 Å². The maximum Gasteiger partial charge on any atom is 0.419 e. The molecular weight excluding hydrogens is 298 g/mol. The second-order valence-electron chi connectivity index (χ2n) is 4.86. The molecule has 0 aliphatic heterocycles. The van der Waals surface area contributed by atoms with Crippen molar-refractivity contribution in [3.63, 3.8) is 0 Å². The molecule has 0 spiro atoms. The van der Waals surface area contributed by atoms with Crippen molar-refractivity contribution in [2.75, 3.05) is 11.9 Å². The monoisotopic (exact) mass is 311 g/mol. The summed E-state index contributed by atoms with van der Waals surface area (Å²) >= 11 is 6.34. The molecule has 3 nitrogen and oxygen atoms in total. The Bertz CT molecular complexity index is 818. The maximum absolute atomic E-state index is 12.2. The third-order valence-corrected chi connectivity index (χ3v) is 3.83. The molecule has 0 atom stereocenters. The summed E-state index contributed by atoms with van der Waals surface area (Å²) in [6, 6.07) is 20.6. The van der Waals surface area contributed by atoms with Gasteiger partial charge in [0.2, 0.25) is 0 Å². The molecule has 4 heteroatoms. The highest BCUT2D eigenvalue weighted by Crippen LogP contribution is 2.33. The SMILES string of the molecule is CN(C(=O)Oc1ccc2ccccc2c1Cl)c1ccccc1. The van der Waals surface area contributed by atoms with Gasteiger partial charge >= 0.3 is 6.09 Å². The van der Waals surface area contributed by atoms with Crippen LogP contribution < -0.4 is 9.64 Å². The molecule has 0 heterocycles. The van der Waals surface area contributed by atoms with Crippen LogP contribution in [0.3, 0.4) is 0 Å². The van der Waals surface area contributed by atoms with E-state index in [-0.39, 0.29) is 0 Å². The van der Waals surface area contributed by atoms with Crippen LogP contribution in [0.15, 0.2) is 66.7 Å². The molecule has 0 saturated carbocycles. The summed E-state index contributed by atoms with van der Waals surface area (Å²) in [6.07, 6.45) is -0.483. The number of benzene rings is 3. The third kappa shape index (κ3) is 2.76. The Balaban J connectivity index is 1.87. The Hall–Kier alpha value is -2.52. The van der Waals surface area contributed by atoms with Crippen LogP contribution in [0.2, 0.25) is 5.02 Å². The van der Waals surface area contributed by atoms with E-state index in [0.29, 0.717) is 10.8 Å². The van der Waals surface area contributed by atoms with E-state index in [4.69, 9.17) is 16.3 Å². The van der Waals surface area contributed by atoms with Crippen LogP contribution in [0, 0.1) is 0 Å². The quantitative estimate of drug-likeness (QED) is 0.656. The lowest BCUT2D eigenvalue weighted by Crippen LogP contribution is -2.29. The van der Waals surface area contributed by atoms with Crippen LogP contribution in [0.1, 0.15) is 0 Å². The largest absolute Gasteiger partial charge is 0.419 e. The number of halogens is 1. The molecule has 0 unspecified atom stereocenters. The van der Waals surface area contributed by atoms with Gasteiger partial charge in [-0.15, -0.1) is 0 Å². The first-order valence-corrected chi connectivity index (χ1v) is 7.22. The number of anilines is 1. The maximum atomic E-state index is 12.2. The Morgan fingerprint density at radius 2 is 1.64 bits per heavy atom. The molecule has 3 aromatic carbocycles. The molecule has 0 N–H and O–H groups in total. The van der Waals surface area contributed by atoms with E-state index >= 15 is 0 Å². The number of rotatable bonds is 2. The summed E-state index contributed by atoms with van der Waals surface area (Å²) < 4.78 is 5.42. The summed E-state index contributed by atoms with van der Waals surface area (Å²) in [4.78, 5) is 13.7. The average Bonchev–Trinajstić information content (AvgIpc) is 2.57. The highest BCUT2D eigenvalue weighted by atomic mass is 35.5. The van der Waals surface area contributed by atoms with Crippen molar-refractivity contribution in [2.24, 2.45) is 0 Å². The molecule has 22 heavy (non-hydrogen) atoms. The van der Waals surface area contributed by atoms with Gasteiger partial charge in [0.25, 0.3) is 0 Å². The molecular formula is C18H14ClNO2. The van der Waals surface area contributed by atoms with Crippen LogP contribution in [-0.4, -0.2) is 13.1 Å². The van der Waals surface area contributed by atoms with Crippen LogP contribution in [0.5, 0.6) is 5.75 Å². The van der Waals surface area contributed by atoms with Gasteiger partial charge in [-0.25, -0.2) is 4.79 Å². The minimum absolute atomic E-state index is 0.355. The number of nitrogens with zero attached hydrogens (tertiary/aromatic N) is 1. The number of hydrogen-bond donors (Lipinski definition) is 0. The van der Waals surface area contributed by atoms with Crippen molar-refractivity contribution in [3.05, 3.63) is 71.8 Å². The van der Waals surface area contributed by atoms with Gasteiger partial charge in [0, 0.05) is 18.1 Å². The number of para-hydroxylation sites is 1. The molecule has 0 aromatic heterocycles. The number of carbonyl (C=O) groups excluding carboxylic acids is 1. The summed E-state index contributed by atoms with van der Waals surface area (Å²) in [5, 5.41) is 2.30. The number of ether oxygens (including phenoxy) is 1. The fourth-order valence-electron chi connectivity index (χ4n) is 2.21. The smallest absolute Gasteiger partial charge is 0.408 e. The van der Waals surface area contributed by atoms with E-state index in [2.05, 4.69) is 0 Å². The molecule has 0 saturated heterocycles. The lowest BCUT2D eigenvalue weighted by molar-refractivity contribution is 0.209. The topological polar surface area (TPSA) is 29.5 Å². The third-order valence-electron chi connectivity index (χ3n) is 3.44. The van der Waals surface area contributed by atoms with E-state index in [0.717, 1.165) is 16.5 Å². The molecule has 0 fully saturated rings. The Morgan fingerprint density at radius 1 is 0.955 bits per heavy atom. The van der Waals surface area contributed by atoms with Gasteiger partial charge in [0.05, 0.1) is 5.02 Å². The van der Waals surface area contributed by atoms with Gasteiger partial charge in [-0.2, -0.15) is 0 Å². The standard InChI is InChI=1S/C18H14ClNO2/c1-20(14-8-3-2-4-9-14)18(21)22-16-12-11-13-7-5-6-10-15(13)17(16)19/h2-12H,1H3. The lowest BCUT2D eigenvalue weighted by atomic mass is 10.1. The Morgan fingerprint density at radius 3 is 2.41 bits per heavy atom. The number of amides is 1. The first-order valence-electron chi connectivity index (χ1n) is 6.84. The first kappa shape index (κ1) is 14.4. The Kier molecular flexibility index (Phi) is 3.98. The summed E-state index contributed by atoms with van der Waals surface area (Å²) in [7, 11) is 1.66. The van der Waals surface area contributed by atoms with Crippen LogP contribution >= 0.6 is 11.6 Å². The predicted molar refractivity (Wildman–Crippen MR) is 89.8 cm³/mol. The first-order chi connectivity index (χ1) is 10.7. The van der Waals surface area contributed by atoms with Crippen molar-refractivity contribution in [2.45, 2.75) is 0 Å². The second-order valence-corrected chi connectivity index (χ2v) is 5.24. The van der Waals surface area contributed by atoms with E-state index in [1.54, 1.807) is 13.1 Å². The summed E-state index contributed by atoms with van der Waals surface area (Å²) in [6.45, 7) is 0. The lowest BCUT2D eigenvalue weighted by Gasteiger charge is -2.17. The van der Waals surface area contributed by atoms with E-state index in [1.165, 1.54) is 4.90 Å². The fourth-order valence-corrected chi connectivity index (χ4v) is 2.49. The molecule has 0 radical (unpaired) electrons. The zero-order valence-corrected chi connectivity index (χ0v) is 12.7. The molecule has 0 aliphatic rings.